The number of ketones is 4. The Balaban J connectivity index is -0.000000295. The minimum Gasteiger partial charge on any atom is -0.292 e. The van der Waals surface area contributed by atoms with Crippen molar-refractivity contribution in [1.82, 2.24) is 0 Å². The topological polar surface area (TPSA) is 155 Å². The predicted molar refractivity (Wildman–Crippen MR) is 64.3 cm³/mol. The van der Waals surface area contributed by atoms with Crippen molar-refractivity contribution in [3.63, 3.8) is 0 Å². The molecule has 0 bridgehead atoms. The van der Waals surface area contributed by atoms with Crippen molar-refractivity contribution in [3.05, 3.63) is 20.2 Å². The third-order valence-electron chi connectivity index (χ3n) is 1.96. The van der Waals surface area contributed by atoms with Crippen LogP contribution in [-0.2, 0) is 36.2 Å². The van der Waals surface area contributed by atoms with Crippen LogP contribution in [-0.4, -0.2) is 45.1 Å². The van der Waals surface area contributed by atoms with Crippen LogP contribution >= 0.6 is 0 Å². The zero-order valence-electron chi connectivity index (χ0n) is 11.6. The molecule has 10 nitrogen and oxygen atoms in total. The van der Waals surface area contributed by atoms with Gasteiger partial charge in [0.1, 0.15) is 0 Å². The zero-order valence-corrected chi connectivity index (χ0v) is 12.6. The molecule has 121 valence electrons. The van der Waals surface area contributed by atoms with Crippen molar-refractivity contribution in [3.8, 4) is 0 Å². The quantitative estimate of drug-likeness (QED) is 0.270. The summed E-state index contributed by atoms with van der Waals surface area (Å²) in [6.45, 7) is 4.09. The molecule has 0 N–H and O–H groups in total. The minimum absolute atomic E-state index is 0. The fraction of sp³-hybridized carbons (Fsp3) is 0.600. The van der Waals surface area contributed by atoms with Crippen molar-refractivity contribution in [2.24, 2.45) is 0 Å². The third-order valence-corrected chi connectivity index (χ3v) is 1.96. The molecule has 1 radical (unpaired) electrons. The number of carbonyl (C=O) groups is 4. The molecular formula is C10H14CuN2O8+2. The van der Waals surface area contributed by atoms with Crippen LogP contribution < -0.4 is 0 Å². The number of carbonyl (C=O) groups excluding carboxylic acids is 4. The first-order valence-electron chi connectivity index (χ1n) is 5.22. The fourth-order valence-corrected chi connectivity index (χ4v) is 1.17. The van der Waals surface area contributed by atoms with Gasteiger partial charge in [0, 0.05) is 37.5 Å². The van der Waals surface area contributed by atoms with E-state index in [9.17, 15) is 39.4 Å². The Hall–Kier alpha value is -2.00. The van der Waals surface area contributed by atoms with E-state index in [1.807, 2.05) is 0 Å². The molecule has 11 heteroatoms. The van der Waals surface area contributed by atoms with E-state index in [0.717, 1.165) is 27.7 Å². The smallest absolute Gasteiger partial charge is 0.292 e. The number of nitro groups is 2. The second-order valence-corrected chi connectivity index (χ2v) is 3.82. The second kappa shape index (κ2) is 10.7. The summed E-state index contributed by atoms with van der Waals surface area (Å²) in [6, 6.07) is -3.33. The molecule has 21 heavy (non-hydrogen) atoms. The van der Waals surface area contributed by atoms with Gasteiger partial charge in [0.05, 0.1) is 0 Å². The van der Waals surface area contributed by atoms with Gasteiger partial charge in [-0.1, -0.05) is 0 Å². The van der Waals surface area contributed by atoms with E-state index in [0.29, 0.717) is 0 Å². The van der Waals surface area contributed by atoms with E-state index in [2.05, 4.69) is 0 Å². The van der Waals surface area contributed by atoms with Crippen molar-refractivity contribution in [2.45, 2.75) is 39.8 Å². The van der Waals surface area contributed by atoms with Crippen LogP contribution in [0.15, 0.2) is 0 Å². The molecule has 0 aliphatic heterocycles. The Morgan fingerprint density at radius 2 is 0.810 bits per heavy atom. The van der Waals surface area contributed by atoms with Gasteiger partial charge in [-0.25, -0.2) is 0 Å². The van der Waals surface area contributed by atoms with Crippen LogP contribution in [0.25, 0.3) is 0 Å². The van der Waals surface area contributed by atoms with E-state index >= 15 is 0 Å². The average molecular weight is 354 g/mol. The average Bonchev–Trinajstić information content (AvgIpc) is 2.12. The fourth-order valence-electron chi connectivity index (χ4n) is 1.17. The molecule has 0 rings (SSSR count). The number of hydrogen-bond acceptors (Lipinski definition) is 8. The van der Waals surface area contributed by atoms with Crippen LogP contribution in [0.5, 0.6) is 0 Å². The summed E-state index contributed by atoms with van der Waals surface area (Å²) in [6.07, 6.45) is 0. The van der Waals surface area contributed by atoms with Crippen LogP contribution in [0.4, 0.5) is 0 Å². The molecule has 0 atom stereocenters. The standard InChI is InChI=1S/2C5H7NO4.Cu/c2*1-3(7)5(4(2)8)6(9)10;/h2*5H,1-2H3;/q;;+2. The van der Waals surface area contributed by atoms with Crippen LogP contribution in [0.1, 0.15) is 27.7 Å². The van der Waals surface area contributed by atoms with Gasteiger partial charge >= 0.3 is 29.2 Å². The molecule has 0 aromatic heterocycles. The summed E-state index contributed by atoms with van der Waals surface area (Å²) in [7, 11) is 0. The van der Waals surface area contributed by atoms with Gasteiger partial charge in [-0.05, 0) is 0 Å². The van der Waals surface area contributed by atoms with Crippen molar-refractivity contribution >= 4 is 23.1 Å². The van der Waals surface area contributed by atoms with Gasteiger partial charge in [0.15, 0.2) is 0 Å². The Bertz CT molecular complexity index is 353. The van der Waals surface area contributed by atoms with Gasteiger partial charge in [-0.15, -0.1) is 0 Å². The number of hydrogen-bond donors (Lipinski definition) is 0. The van der Waals surface area contributed by atoms with E-state index in [1.54, 1.807) is 0 Å². The molecular weight excluding hydrogens is 340 g/mol. The van der Waals surface area contributed by atoms with Crippen molar-refractivity contribution in [1.29, 1.82) is 0 Å². The van der Waals surface area contributed by atoms with E-state index in [4.69, 9.17) is 0 Å². The molecule has 0 heterocycles. The van der Waals surface area contributed by atoms with Gasteiger partial charge in [0.25, 0.3) is 0 Å². The van der Waals surface area contributed by atoms with Gasteiger partial charge < -0.3 is 0 Å². The van der Waals surface area contributed by atoms with Crippen LogP contribution in [0.3, 0.4) is 0 Å². The molecule has 0 unspecified atom stereocenters. The molecule has 0 aliphatic carbocycles. The monoisotopic (exact) mass is 353 g/mol. The van der Waals surface area contributed by atoms with Gasteiger partial charge in [-0.3, -0.25) is 39.4 Å². The first-order valence-corrected chi connectivity index (χ1v) is 5.22. The van der Waals surface area contributed by atoms with Crippen LogP contribution in [0.2, 0.25) is 0 Å². The minimum atomic E-state index is -1.67. The summed E-state index contributed by atoms with van der Waals surface area (Å²) in [5.41, 5.74) is 0. The summed E-state index contributed by atoms with van der Waals surface area (Å²) in [5, 5.41) is 19.9. The van der Waals surface area contributed by atoms with Crippen molar-refractivity contribution < 1.29 is 46.1 Å². The molecule has 0 spiro atoms. The van der Waals surface area contributed by atoms with E-state index in [-0.39, 0.29) is 17.1 Å². The molecule has 0 saturated heterocycles. The zero-order chi connectivity index (χ0) is 16.6. The number of Topliss-reactive ketones (excluding diaryl/α,β-unsaturated/α-hetero) is 4. The Labute approximate surface area is 130 Å². The molecule has 0 aliphatic rings. The Morgan fingerprint density at radius 3 is 0.810 bits per heavy atom. The summed E-state index contributed by atoms with van der Waals surface area (Å²) in [4.78, 5) is 59.6. The summed E-state index contributed by atoms with van der Waals surface area (Å²) >= 11 is 0. The molecule has 0 saturated carbocycles. The Kier molecular flexibility index (Phi) is 12.3. The Morgan fingerprint density at radius 1 is 0.667 bits per heavy atom. The number of rotatable bonds is 6. The summed E-state index contributed by atoms with van der Waals surface area (Å²) < 4.78 is 0. The van der Waals surface area contributed by atoms with E-state index in [1.165, 1.54) is 0 Å². The van der Waals surface area contributed by atoms with Crippen LogP contribution in [0, 0.1) is 20.2 Å². The first-order chi connectivity index (χ1) is 8.93. The SMILES string of the molecule is CC(=O)C(C(C)=O)[N+](=O)[O-].CC(=O)C(C(C)=O)[N+](=O)[O-].[Cu+2]. The van der Waals surface area contributed by atoms with Gasteiger partial charge in [-0.2, -0.15) is 0 Å². The maximum absolute atomic E-state index is 10.4. The first kappa shape index (κ1) is 24.0. The second-order valence-electron chi connectivity index (χ2n) is 3.82. The molecule has 0 fully saturated rings. The number of nitrogens with zero attached hydrogens (tertiary/aromatic N) is 2. The largest absolute Gasteiger partial charge is 2.00 e. The predicted octanol–water partition coefficient (Wildman–Crippen LogP) is -0.383. The molecule has 0 aromatic rings. The normalized spacial score (nSPS) is 9.05. The molecule has 0 amide bonds. The summed E-state index contributed by atoms with van der Waals surface area (Å²) in [5.74, 6) is -2.90. The van der Waals surface area contributed by atoms with Gasteiger partial charge in [0.2, 0.25) is 23.1 Å². The third kappa shape index (κ3) is 9.52. The maximum atomic E-state index is 10.4. The van der Waals surface area contributed by atoms with Crippen molar-refractivity contribution in [2.75, 3.05) is 0 Å². The maximum Gasteiger partial charge on any atom is 2.00 e. The van der Waals surface area contributed by atoms with E-state index < -0.39 is 45.1 Å². The molecule has 0 aromatic carbocycles.